The van der Waals surface area contributed by atoms with Crippen molar-refractivity contribution in [3.63, 3.8) is 0 Å². The number of para-hydroxylation sites is 1. The molecule has 4 rings (SSSR count). The summed E-state index contributed by atoms with van der Waals surface area (Å²) in [5.74, 6) is 0.126. The van der Waals surface area contributed by atoms with Crippen LogP contribution in [0.3, 0.4) is 0 Å². The largest absolute Gasteiger partial charge is 0.480 e. The van der Waals surface area contributed by atoms with Crippen molar-refractivity contribution < 1.29 is 14.3 Å². The molecule has 2 aromatic heterocycles. The van der Waals surface area contributed by atoms with Gasteiger partial charge in [-0.1, -0.05) is 12.1 Å². The number of nitrogens with one attached hydrogen (secondary N) is 1. The second-order valence-electron chi connectivity index (χ2n) is 6.32. The van der Waals surface area contributed by atoms with Crippen molar-refractivity contribution >= 4 is 46.4 Å². The molecule has 0 saturated heterocycles. The Balaban J connectivity index is 1.68. The number of anilines is 4. The Morgan fingerprint density at radius 3 is 2.70 bits per heavy atom. The van der Waals surface area contributed by atoms with E-state index in [9.17, 15) is 9.59 Å². The molecule has 30 heavy (non-hydrogen) atoms. The highest BCUT2D eigenvalue weighted by molar-refractivity contribution is 6.28. The Labute approximate surface area is 176 Å². The zero-order chi connectivity index (χ0) is 21.3. The topological polar surface area (TPSA) is 113 Å². The maximum Gasteiger partial charge on any atom is 0.261 e. The summed E-state index contributed by atoms with van der Waals surface area (Å²) < 4.78 is 4.95. The number of methoxy groups -OCH3 is 1. The summed E-state index contributed by atoms with van der Waals surface area (Å²) >= 11 is 5.99. The van der Waals surface area contributed by atoms with Gasteiger partial charge in [-0.25, -0.2) is 4.98 Å². The lowest BCUT2D eigenvalue weighted by molar-refractivity contribution is -0.114. The first-order valence-corrected chi connectivity index (χ1v) is 9.20. The molecule has 0 radical (unpaired) electrons. The number of carbonyl (C=O) groups is 2. The Morgan fingerprint density at radius 2 is 1.97 bits per heavy atom. The standard InChI is InChI=1S/C19H16ClN7O3/c1-26-12-6-4-3-5-11(12)18(29)27(13-9-21-19(20)23-17(13)26)10-15(28)22-14-7-8-16(30-2)25-24-14/h3-9H,10H2,1-2H3,(H,22,24,28). The van der Waals surface area contributed by atoms with Crippen molar-refractivity contribution in [2.24, 2.45) is 0 Å². The average Bonchev–Trinajstić information content (AvgIpc) is 2.84. The van der Waals surface area contributed by atoms with Gasteiger partial charge in [0.1, 0.15) is 12.2 Å². The molecule has 1 aromatic carbocycles. The van der Waals surface area contributed by atoms with E-state index in [0.29, 0.717) is 28.6 Å². The predicted molar refractivity (Wildman–Crippen MR) is 110 cm³/mol. The first kappa shape index (κ1) is 19.5. The van der Waals surface area contributed by atoms with Gasteiger partial charge in [0.2, 0.25) is 17.1 Å². The van der Waals surface area contributed by atoms with Crippen molar-refractivity contribution in [1.82, 2.24) is 20.2 Å². The maximum absolute atomic E-state index is 13.3. The number of fused-ring (bicyclic) bond motifs is 2. The van der Waals surface area contributed by atoms with E-state index in [2.05, 4.69) is 25.5 Å². The van der Waals surface area contributed by atoms with Crippen molar-refractivity contribution in [3.8, 4) is 5.88 Å². The molecule has 3 heterocycles. The number of benzene rings is 1. The summed E-state index contributed by atoms with van der Waals surface area (Å²) in [6.07, 6.45) is 1.42. The van der Waals surface area contributed by atoms with Gasteiger partial charge in [0, 0.05) is 13.1 Å². The molecule has 10 nitrogen and oxygen atoms in total. The van der Waals surface area contributed by atoms with Crippen molar-refractivity contribution in [2.45, 2.75) is 0 Å². The second-order valence-corrected chi connectivity index (χ2v) is 6.66. The maximum atomic E-state index is 13.3. The fourth-order valence-electron chi connectivity index (χ4n) is 3.08. The Kier molecular flexibility index (Phi) is 5.15. The van der Waals surface area contributed by atoms with Crippen LogP contribution in [0.5, 0.6) is 5.88 Å². The van der Waals surface area contributed by atoms with Gasteiger partial charge >= 0.3 is 0 Å². The number of amides is 2. The molecular formula is C19H16ClN7O3. The molecule has 2 amide bonds. The minimum absolute atomic E-state index is 0.0327. The molecule has 1 aliphatic rings. The van der Waals surface area contributed by atoms with Gasteiger partial charge in [-0.15, -0.1) is 10.2 Å². The van der Waals surface area contributed by atoms with Gasteiger partial charge in [-0.2, -0.15) is 4.98 Å². The second kappa shape index (κ2) is 7.91. The lowest BCUT2D eigenvalue weighted by atomic mass is 10.1. The molecule has 0 aliphatic carbocycles. The van der Waals surface area contributed by atoms with Gasteiger partial charge in [0.05, 0.1) is 24.6 Å². The van der Waals surface area contributed by atoms with E-state index in [-0.39, 0.29) is 23.6 Å². The predicted octanol–water partition coefficient (Wildman–Crippen LogP) is 2.30. The number of ether oxygens (including phenoxy) is 1. The van der Waals surface area contributed by atoms with Crippen molar-refractivity contribution in [3.05, 3.63) is 53.4 Å². The number of rotatable bonds is 4. The fourth-order valence-corrected chi connectivity index (χ4v) is 3.21. The summed E-state index contributed by atoms with van der Waals surface area (Å²) in [6, 6.07) is 10.2. The molecule has 0 unspecified atom stereocenters. The molecule has 0 fully saturated rings. The zero-order valence-corrected chi connectivity index (χ0v) is 16.8. The number of aromatic nitrogens is 4. The van der Waals surface area contributed by atoms with Gasteiger partial charge in [-0.3, -0.25) is 14.5 Å². The summed E-state index contributed by atoms with van der Waals surface area (Å²) in [6.45, 7) is -0.285. The van der Waals surface area contributed by atoms with Crippen molar-refractivity contribution in [2.75, 3.05) is 35.8 Å². The van der Waals surface area contributed by atoms with Crippen LogP contribution < -0.4 is 19.9 Å². The van der Waals surface area contributed by atoms with E-state index in [1.807, 2.05) is 6.07 Å². The first-order valence-electron chi connectivity index (χ1n) is 8.82. The van der Waals surface area contributed by atoms with Crippen LogP contribution in [0.15, 0.2) is 42.6 Å². The summed E-state index contributed by atoms with van der Waals surface area (Å²) in [5.41, 5.74) is 1.42. The molecule has 3 aromatic rings. The summed E-state index contributed by atoms with van der Waals surface area (Å²) in [5, 5.41) is 10.3. The minimum atomic E-state index is -0.467. The van der Waals surface area contributed by atoms with Gasteiger partial charge in [0.15, 0.2) is 11.6 Å². The van der Waals surface area contributed by atoms with Crippen LogP contribution in [0.4, 0.5) is 23.0 Å². The van der Waals surface area contributed by atoms with E-state index in [1.165, 1.54) is 18.2 Å². The zero-order valence-electron chi connectivity index (χ0n) is 16.0. The third-order valence-electron chi connectivity index (χ3n) is 4.49. The monoisotopic (exact) mass is 425 g/mol. The molecule has 11 heteroatoms. The number of halogens is 1. The molecule has 1 aliphatic heterocycles. The highest BCUT2D eigenvalue weighted by atomic mass is 35.5. The summed E-state index contributed by atoms with van der Waals surface area (Å²) in [7, 11) is 3.23. The Morgan fingerprint density at radius 1 is 1.17 bits per heavy atom. The van der Waals surface area contributed by atoms with E-state index in [1.54, 1.807) is 42.3 Å². The molecule has 0 spiro atoms. The van der Waals surface area contributed by atoms with Crippen LogP contribution >= 0.6 is 11.6 Å². The highest BCUT2D eigenvalue weighted by Gasteiger charge is 2.32. The van der Waals surface area contributed by atoms with Crippen LogP contribution in [0.1, 0.15) is 10.4 Å². The molecule has 0 atom stereocenters. The van der Waals surface area contributed by atoms with E-state index < -0.39 is 5.91 Å². The Bertz CT molecular complexity index is 1120. The van der Waals surface area contributed by atoms with Crippen molar-refractivity contribution in [1.29, 1.82) is 0 Å². The van der Waals surface area contributed by atoms with Crippen LogP contribution in [-0.4, -0.2) is 52.7 Å². The van der Waals surface area contributed by atoms with Gasteiger partial charge in [0.25, 0.3) is 5.91 Å². The third kappa shape index (κ3) is 3.60. The van der Waals surface area contributed by atoms with Crippen LogP contribution in [0.2, 0.25) is 5.28 Å². The minimum Gasteiger partial charge on any atom is -0.480 e. The fraction of sp³-hybridized carbons (Fsp3) is 0.158. The van der Waals surface area contributed by atoms with Gasteiger partial charge in [-0.05, 0) is 29.8 Å². The smallest absolute Gasteiger partial charge is 0.261 e. The first-order chi connectivity index (χ1) is 14.5. The molecule has 1 N–H and O–H groups in total. The SMILES string of the molecule is COc1ccc(NC(=O)CN2C(=O)c3ccccc3N(C)c3nc(Cl)ncc32)nn1. The number of nitrogens with zero attached hydrogens (tertiary/aromatic N) is 6. The van der Waals surface area contributed by atoms with Crippen LogP contribution in [-0.2, 0) is 4.79 Å². The highest BCUT2D eigenvalue weighted by Crippen LogP contribution is 2.38. The molecule has 152 valence electrons. The molecule has 0 saturated carbocycles. The van der Waals surface area contributed by atoms with E-state index in [0.717, 1.165) is 0 Å². The summed E-state index contributed by atoms with van der Waals surface area (Å²) in [4.78, 5) is 37.3. The van der Waals surface area contributed by atoms with Gasteiger partial charge < -0.3 is 15.0 Å². The Hall–Kier alpha value is -3.79. The van der Waals surface area contributed by atoms with E-state index in [4.69, 9.17) is 16.3 Å². The number of hydrogen-bond acceptors (Lipinski definition) is 8. The van der Waals surface area contributed by atoms with Crippen LogP contribution in [0.25, 0.3) is 0 Å². The number of hydrogen-bond donors (Lipinski definition) is 1. The van der Waals surface area contributed by atoms with E-state index >= 15 is 0 Å². The number of carbonyl (C=O) groups excluding carboxylic acids is 2. The molecular weight excluding hydrogens is 410 g/mol. The lowest BCUT2D eigenvalue weighted by Crippen LogP contribution is -2.38. The normalized spacial score (nSPS) is 12.7. The average molecular weight is 426 g/mol. The molecule has 0 bridgehead atoms. The van der Waals surface area contributed by atoms with Crippen LogP contribution in [0, 0.1) is 0 Å². The quantitative estimate of drug-likeness (QED) is 0.633. The lowest BCUT2D eigenvalue weighted by Gasteiger charge is -2.22. The third-order valence-corrected chi connectivity index (χ3v) is 4.67.